The van der Waals surface area contributed by atoms with Crippen molar-refractivity contribution in [2.45, 2.75) is 12.3 Å². The van der Waals surface area contributed by atoms with Crippen LogP contribution in [0.1, 0.15) is 17.9 Å². The first kappa shape index (κ1) is 15.3. The van der Waals surface area contributed by atoms with Crippen molar-refractivity contribution in [3.63, 3.8) is 0 Å². The lowest BCUT2D eigenvalue weighted by atomic mass is 9.81. The molecule has 4 heteroatoms. The topological polar surface area (TPSA) is 30.9 Å². The third-order valence-electron chi connectivity index (χ3n) is 4.97. The van der Waals surface area contributed by atoms with Gasteiger partial charge in [-0.25, -0.2) is 0 Å². The number of fused-ring (bicyclic) bond motifs is 1. The lowest BCUT2D eigenvalue weighted by Crippen LogP contribution is -2.39. The predicted molar refractivity (Wildman–Crippen MR) is 92.8 cm³/mol. The molecule has 4 nitrogen and oxygen atoms in total. The Kier molecular flexibility index (Phi) is 4.30. The Morgan fingerprint density at radius 3 is 2.79 bits per heavy atom. The smallest absolute Gasteiger partial charge is 0.231 e. The minimum atomic E-state index is 0.294. The van der Waals surface area contributed by atoms with Gasteiger partial charge < -0.3 is 19.1 Å². The molecule has 0 radical (unpaired) electrons. The van der Waals surface area contributed by atoms with E-state index >= 15 is 0 Å². The van der Waals surface area contributed by atoms with E-state index in [0.29, 0.717) is 25.2 Å². The lowest BCUT2D eigenvalue weighted by Gasteiger charge is -2.37. The molecule has 0 aliphatic carbocycles. The number of piperidine rings is 1. The SMILES string of the molecule is CN1CC[C@@H](c2ccccc2)[C@@H](COc2ccc3c(c2)OCO3)C1. The Balaban J connectivity index is 1.46. The van der Waals surface area contributed by atoms with Gasteiger partial charge in [0.2, 0.25) is 6.79 Å². The Morgan fingerprint density at radius 1 is 1.08 bits per heavy atom. The van der Waals surface area contributed by atoms with Crippen molar-refractivity contribution in [3.05, 3.63) is 54.1 Å². The highest BCUT2D eigenvalue weighted by atomic mass is 16.7. The fraction of sp³-hybridized carbons (Fsp3) is 0.400. The Morgan fingerprint density at radius 2 is 1.92 bits per heavy atom. The zero-order chi connectivity index (χ0) is 16.4. The van der Waals surface area contributed by atoms with Crippen LogP contribution in [0.4, 0.5) is 0 Å². The van der Waals surface area contributed by atoms with Crippen molar-refractivity contribution in [2.75, 3.05) is 33.5 Å². The van der Waals surface area contributed by atoms with Gasteiger partial charge in [-0.2, -0.15) is 0 Å². The van der Waals surface area contributed by atoms with Gasteiger partial charge in [0.05, 0.1) is 6.61 Å². The van der Waals surface area contributed by atoms with Crippen molar-refractivity contribution in [3.8, 4) is 17.2 Å². The molecule has 2 aromatic carbocycles. The third-order valence-corrected chi connectivity index (χ3v) is 4.97. The van der Waals surface area contributed by atoms with Crippen LogP contribution in [-0.4, -0.2) is 38.4 Å². The molecule has 2 aliphatic rings. The minimum absolute atomic E-state index is 0.294. The summed E-state index contributed by atoms with van der Waals surface area (Å²) in [7, 11) is 2.19. The summed E-state index contributed by atoms with van der Waals surface area (Å²) in [6, 6.07) is 16.6. The maximum Gasteiger partial charge on any atom is 0.231 e. The molecule has 1 fully saturated rings. The predicted octanol–water partition coefficient (Wildman–Crippen LogP) is 3.53. The summed E-state index contributed by atoms with van der Waals surface area (Å²) in [5.74, 6) is 3.45. The number of rotatable bonds is 4. The maximum atomic E-state index is 6.11. The van der Waals surface area contributed by atoms with Crippen LogP contribution in [0.15, 0.2) is 48.5 Å². The van der Waals surface area contributed by atoms with Crippen LogP contribution in [0.5, 0.6) is 17.2 Å². The van der Waals surface area contributed by atoms with Gasteiger partial charge >= 0.3 is 0 Å². The van der Waals surface area contributed by atoms with Crippen LogP contribution >= 0.6 is 0 Å². The van der Waals surface area contributed by atoms with Crippen LogP contribution in [0, 0.1) is 5.92 Å². The zero-order valence-electron chi connectivity index (χ0n) is 14.0. The first-order valence-corrected chi connectivity index (χ1v) is 8.55. The van der Waals surface area contributed by atoms with E-state index < -0.39 is 0 Å². The molecule has 4 rings (SSSR count). The van der Waals surface area contributed by atoms with E-state index in [4.69, 9.17) is 14.2 Å². The first-order valence-electron chi connectivity index (χ1n) is 8.55. The van der Waals surface area contributed by atoms with Gasteiger partial charge in [0.25, 0.3) is 0 Å². The molecule has 126 valence electrons. The molecule has 24 heavy (non-hydrogen) atoms. The van der Waals surface area contributed by atoms with Crippen molar-refractivity contribution in [2.24, 2.45) is 5.92 Å². The summed E-state index contributed by atoms with van der Waals surface area (Å²) in [5.41, 5.74) is 1.42. The standard InChI is InChI=1S/C20H23NO3/c1-21-10-9-18(15-5-3-2-4-6-15)16(12-21)13-22-17-7-8-19-20(11-17)24-14-23-19/h2-8,11,16,18H,9-10,12-14H2,1H3/t16-,18+/m1/s1. The molecule has 0 unspecified atom stereocenters. The van der Waals surface area contributed by atoms with E-state index in [1.165, 1.54) is 12.0 Å². The summed E-state index contributed by atoms with van der Waals surface area (Å²) in [6.07, 6.45) is 1.18. The molecule has 2 aromatic rings. The van der Waals surface area contributed by atoms with Crippen molar-refractivity contribution in [1.82, 2.24) is 4.90 Å². The number of ether oxygens (including phenoxy) is 3. The Hall–Kier alpha value is -2.20. The minimum Gasteiger partial charge on any atom is -0.493 e. The summed E-state index contributed by atoms with van der Waals surface area (Å²) >= 11 is 0. The van der Waals surface area contributed by atoms with E-state index in [0.717, 1.165) is 30.3 Å². The Bertz CT molecular complexity index is 689. The summed E-state index contributed by atoms with van der Waals surface area (Å²) < 4.78 is 16.9. The average molecular weight is 325 g/mol. The van der Waals surface area contributed by atoms with E-state index in [-0.39, 0.29) is 0 Å². The van der Waals surface area contributed by atoms with Gasteiger partial charge in [-0.15, -0.1) is 0 Å². The van der Waals surface area contributed by atoms with Crippen LogP contribution < -0.4 is 14.2 Å². The molecular formula is C20H23NO3. The molecule has 2 aliphatic heterocycles. The lowest BCUT2D eigenvalue weighted by molar-refractivity contribution is 0.129. The molecule has 0 N–H and O–H groups in total. The van der Waals surface area contributed by atoms with Crippen LogP contribution in [0.3, 0.4) is 0 Å². The second-order valence-corrected chi connectivity index (χ2v) is 6.65. The van der Waals surface area contributed by atoms with E-state index in [9.17, 15) is 0 Å². The maximum absolute atomic E-state index is 6.11. The highest BCUT2D eigenvalue weighted by Crippen LogP contribution is 2.36. The molecule has 2 atom stereocenters. The van der Waals surface area contributed by atoms with Gasteiger partial charge in [0.15, 0.2) is 11.5 Å². The number of benzene rings is 2. The second kappa shape index (κ2) is 6.73. The van der Waals surface area contributed by atoms with Gasteiger partial charge in [0, 0.05) is 18.5 Å². The third kappa shape index (κ3) is 3.20. The van der Waals surface area contributed by atoms with Gasteiger partial charge in [-0.1, -0.05) is 30.3 Å². The van der Waals surface area contributed by atoms with Gasteiger partial charge in [0.1, 0.15) is 5.75 Å². The van der Waals surface area contributed by atoms with E-state index in [1.807, 2.05) is 18.2 Å². The zero-order valence-corrected chi connectivity index (χ0v) is 14.0. The molecule has 0 bridgehead atoms. The number of likely N-dealkylation sites (tertiary alicyclic amines) is 1. The Labute approximate surface area is 142 Å². The summed E-state index contributed by atoms with van der Waals surface area (Å²) in [6.45, 7) is 3.20. The summed E-state index contributed by atoms with van der Waals surface area (Å²) in [4.78, 5) is 2.40. The fourth-order valence-electron chi connectivity index (χ4n) is 3.69. The molecule has 2 heterocycles. The van der Waals surface area contributed by atoms with Crippen LogP contribution in [-0.2, 0) is 0 Å². The van der Waals surface area contributed by atoms with Gasteiger partial charge in [-0.05, 0) is 43.6 Å². The monoisotopic (exact) mass is 325 g/mol. The first-order chi connectivity index (χ1) is 11.8. The fourth-order valence-corrected chi connectivity index (χ4v) is 3.69. The largest absolute Gasteiger partial charge is 0.493 e. The van der Waals surface area contributed by atoms with Crippen LogP contribution in [0.25, 0.3) is 0 Å². The van der Waals surface area contributed by atoms with Crippen molar-refractivity contribution >= 4 is 0 Å². The van der Waals surface area contributed by atoms with Crippen LogP contribution in [0.2, 0.25) is 0 Å². The quantitative estimate of drug-likeness (QED) is 0.860. The van der Waals surface area contributed by atoms with E-state index in [2.05, 4.69) is 42.3 Å². The molecule has 1 saturated heterocycles. The second-order valence-electron chi connectivity index (χ2n) is 6.65. The molecule has 0 aromatic heterocycles. The molecular weight excluding hydrogens is 302 g/mol. The van der Waals surface area contributed by atoms with E-state index in [1.54, 1.807) is 0 Å². The molecule has 0 amide bonds. The number of hydrogen-bond acceptors (Lipinski definition) is 4. The summed E-state index contributed by atoms with van der Waals surface area (Å²) in [5, 5.41) is 0. The highest BCUT2D eigenvalue weighted by molar-refractivity contribution is 5.46. The normalized spacial score (nSPS) is 23.2. The van der Waals surface area contributed by atoms with Crippen molar-refractivity contribution in [1.29, 1.82) is 0 Å². The van der Waals surface area contributed by atoms with Gasteiger partial charge in [-0.3, -0.25) is 0 Å². The average Bonchev–Trinajstić information content (AvgIpc) is 3.08. The van der Waals surface area contributed by atoms with Crippen molar-refractivity contribution < 1.29 is 14.2 Å². The number of hydrogen-bond donors (Lipinski definition) is 0. The number of nitrogens with zero attached hydrogens (tertiary/aromatic N) is 1. The highest BCUT2D eigenvalue weighted by Gasteiger charge is 2.29. The molecule has 0 spiro atoms. The molecule has 0 saturated carbocycles.